The summed E-state index contributed by atoms with van der Waals surface area (Å²) in [4.78, 5) is 2.59. The first kappa shape index (κ1) is 18.2. The molecule has 1 aliphatic carbocycles. The van der Waals surface area contributed by atoms with E-state index in [1.807, 2.05) is 6.08 Å². The fourth-order valence-electron chi connectivity index (χ4n) is 2.88. The number of hydrogen-bond acceptors (Lipinski definition) is 2. The highest BCUT2D eigenvalue weighted by atomic mass is 15.2. The second-order valence-electron chi connectivity index (χ2n) is 6.46. The first-order chi connectivity index (χ1) is 10.1. The summed E-state index contributed by atoms with van der Waals surface area (Å²) in [6.45, 7) is 14.6. The van der Waals surface area contributed by atoms with Crippen LogP contribution < -0.4 is 5.32 Å². The molecule has 1 N–H and O–H groups in total. The van der Waals surface area contributed by atoms with Gasteiger partial charge in [-0.1, -0.05) is 42.2 Å². The summed E-state index contributed by atoms with van der Waals surface area (Å²) >= 11 is 0. The third-order valence-corrected chi connectivity index (χ3v) is 4.21. The average molecular weight is 290 g/mol. The fourth-order valence-corrected chi connectivity index (χ4v) is 2.88. The maximum atomic E-state index is 3.90. The molecule has 0 aromatic carbocycles. The predicted octanol–water partition coefficient (Wildman–Crippen LogP) is 4.31. The summed E-state index contributed by atoms with van der Waals surface area (Å²) in [7, 11) is 0. The van der Waals surface area contributed by atoms with Gasteiger partial charge in [0.1, 0.15) is 0 Å². The summed E-state index contributed by atoms with van der Waals surface area (Å²) < 4.78 is 0. The largest absolute Gasteiger partial charge is 0.312 e. The highest BCUT2D eigenvalue weighted by molar-refractivity contribution is 5.08. The van der Waals surface area contributed by atoms with Gasteiger partial charge in [0, 0.05) is 32.2 Å². The van der Waals surface area contributed by atoms with Crippen LogP contribution in [0.3, 0.4) is 0 Å². The van der Waals surface area contributed by atoms with Crippen molar-refractivity contribution in [2.24, 2.45) is 0 Å². The Balaban J connectivity index is 2.20. The molecule has 0 aromatic rings. The van der Waals surface area contributed by atoms with Crippen molar-refractivity contribution in [3.8, 4) is 0 Å². The van der Waals surface area contributed by atoms with Crippen LogP contribution in [0.25, 0.3) is 0 Å². The monoisotopic (exact) mass is 290 g/mol. The van der Waals surface area contributed by atoms with Gasteiger partial charge >= 0.3 is 0 Å². The molecule has 1 saturated carbocycles. The number of hydrogen-bond donors (Lipinski definition) is 1. The molecule has 0 saturated heterocycles. The zero-order valence-corrected chi connectivity index (χ0v) is 14.3. The quantitative estimate of drug-likeness (QED) is 0.476. The number of allylic oxidation sites excluding steroid dienone is 3. The molecule has 0 aromatic heterocycles. The fraction of sp³-hybridized carbons (Fsp3) is 0.684. The molecule has 0 heterocycles. The van der Waals surface area contributed by atoms with Gasteiger partial charge in [0.25, 0.3) is 0 Å². The summed E-state index contributed by atoms with van der Waals surface area (Å²) in [6, 6.07) is 0.791. The lowest BCUT2D eigenvalue weighted by Crippen LogP contribution is -2.38. The maximum Gasteiger partial charge on any atom is 0.0164 e. The van der Waals surface area contributed by atoms with E-state index < -0.39 is 0 Å². The topological polar surface area (TPSA) is 15.3 Å². The van der Waals surface area contributed by atoms with Crippen LogP contribution in [0, 0.1) is 0 Å². The van der Waals surface area contributed by atoms with Crippen molar-refractivity contribution in [3.63, 3.8) is 0 Å². The molecule has 2 heteroatoms. The Morgan fingerprint density at radius 2 is 1.90 bits per heavy atom. The van der Waals surface area contributed by atoms with Crippen molar-refractivity contribution in [1.29, 1.82) is 0 Å². The van der Waals surface area contributed by atoms with E-state index in [-0.39, 0.29) is 0 Å². The lowest BCUT2D eigenvalue weighted by atomic mass is 10.1. The van der Waals surface area contributed by atoms with Gasteiger partial charge in [0.15, 0.2) is 0 Å². The minimum Gasteiger partial charge on any atom is -0.312 e. The van der Waals surface area contributed by atoms with Crippen LogP contribution in [-0.2, 0) is 0 Å². The smallest absolute Gasteiger partial charge is 0.0164 e. The normalized spacial score (nSPS) is 16.5. The SMILES string of the molecule is C=CCN(CCNC/C=C(\C)CC=C(C)C)C1CCCC1. The van der Waals surface area contributed by atoms with Crippen molar-refractivity contribution < 1.29 is 0 Å². The molecule has 0 amide bonds. The van der Waals surface area contributed by atoms with Crippen molar-refractivity contribution >= 4 is 0 Å². The molecule has 0 spiro atoms. The van der Waals surface area contributed by atoms with Crippen LogP contribution in [0.2, 0.25) is 0 Å². The van der Waals surface area contributed by atoms with Gasteiger partial charge in [-0.3, -0.25) is 4.90 Å². The molecule has 0 bridgehead atoms. The van der Waals surface area contributed by atoms with Crippen molar-refractivity contribution in [3.05, 3.63) is 36.0 Å². The molecular formula is C19H34N2. The highest BCUT2D eigenvalue weighted by Crippen LogP contribution is 2.22. The molecule has 0 aliphatic heterocycles. The van der Waals surface area contributed by atoms with E-state index in [4.69, 9.17) is 0 Å². The average Bonchev–Trinajstić information content (AvgIpc) is 2.97. The second-order valence-corrected chi connectivity index (χ2v) is 6.46. The van der Waals surface area contributed by atoms with E-state index >= 15 is 0 Å². The van der Waals surface area contributed by atoms with E-state index in [9.17, 15) is 0 Å². The van der Waals surface area contributed by atoms with Gasteiger partial charge in [-0.2, -0.15) is 0 Å². The highest BCUT2D eigenvalue weighted by Gasteiger charge is 2.20. The minimum absolute atomic E-state index is 0.791. The summed E-state index contributed by atoms with van der Waals surface area (Å²) in [5, 5.41) is 3.54. The molecule has 0 atom stereocenters. The van der Waals surface area contributed by atoms with Crippen molar-refractivity contribution in [1.82, 2.24) is 10.2 Å². The van der Waals surface area contributed by atoms with Gasteiger partial charge in [0.05, 0.1) is 0 Å². The van der Waals surface area contributed by atoms with Crippen LogP contribution in [0.5, 0.6) is 0 Å². The van der Waals surface area contributed by atoms with Gasteiger partial charge in [-0.05, 0) is 40.0 Å². The second kappa shape index (κ2) is 10.8. The Morgan fingerprint density at radius 1 is 1.19 bits per heavy atom. The molecule has 0 radical (unpaired) electrons. The molecule has 0 unspecified atom stereocenters. The molecule has 1 fully saturated rings. The number of nitrogens with one attached hydrogen (secondary N) is 1. The van der Waals surface area contributed by atoms with E-state index in [1.165, 1.54) is 36.8 Å². The molecule has 2 nitrogen and oxygen atoms in total. The number of rotatable bonds is 10. The molecule has 120 valence electrons. The van der Waals surface area contributed by atoms with Gasteiger partial charge in [-0.25, -0.2) is 0 Å². The van der Waals surface area contributed by atoms with Gasteiger partial charge in [0.2, 0.25) is 0 Å². The molecule has 21 heavy (non-hydrogen) atoms. The third-order valence-electron chi connectivity index (χ3n) is 4.21. The Bertz CT molecular complexity index is 345. The maximum absolute atomic E-state index is 3.90. The Hall–Kier alpha value is -0.860. The standard InChI is InChI=1S/C19H34N2/c1-5-15-21(19-8-6-7-9-19)16-14-20-13-12-18(4)11-10-17(2)3/h5,10,12,19-20H,1,6-9,11,13-16H2,2-4H3/b18-12+. The van der Waals surface area contributed by atoms with E-state index in [0.29, 0.717) is 0 Å². The van der Waals surface area contributed by atoms with Crippen LogP contribution in [0.4, 0.5) is 0 Å². The predicted molar refractivity (Wildman–Crippen MR) is 94.7 cm³/mol. The van der Waals surface area contributed by atoms with E-state index in [2.05, 4.69) is 49.7 Å². The molecular weight excluding hydrogens is 256 g/mol. The zero-order valence-electron chi connectivity index (χ0n) is 14.3. The Kier molecular flexibility index (Phi) is 9.36. The third kappa shape index (κ3) is 8.23. The van der Waals surface area contributed by atoms with Crippen molar-refractivity contribution in [2.45, 2.75) is 58.9 Å². The Labute approximate surface area is 132 Å². The van der Waals surface area contributed by atoms with Crippen LogP contribution in [0.1, 0.15) is 52.9 Å². The number of nitrogens with zero attached hydrogens (tertiary/aromatic N) is 1. The van der Waals surface area contributed by atoms with Crippen molar-refractivity contribution in [2.75, 3.05) is 26.2 Å². The van der Waals surface area contributed by atoms with Crippen LogP contribution in [-0.4, -0.2) is 37.1 Å². The summed E-state index contributed by atoms with van der Waals surface area (Å²) in [5.41, 5.74) is 2.84. The molecule has 1 aliphatic rings. The van der Waals surface area contributed by atoms with Gasteiger partial charge < -0.3 is 5.32 Å². The first-order valence-corrected chi connectivity index (χ1v) is 8.48. The first-order valence-electron chi connectivity index (χ1n) is 8.48. The lowest BCUT2D eigenvalue weighted by molar-refractivity contribution is 0.221. The van der Waals surface area contributed by atoms with Crippen LogP contribution in [0.15, 0.2) is 36.0 Å². The summed E-state index contributed by atoms with van der Waals surface area (Å²) in [6.07, 6.45) is 13.3. The van der Waals surface area contributed by atoms with Crippen LogP contribution >= 0.6 is 0 Å². The van der Waals surface area contributed by atoms with E-state index in [1.54, 1.807) is 0 Å². The van der Waals surface area contributed by atoms with E-state index in [0.717, 1.165) is 38.6 Å². The minimum atomic E-state index is 0.791. The zero-order chi connectivity index (χ0) is 15.5. The lowest BCUT2D eigenvalue weighted by Gasteiger charge is -2.27. The summed E-state index contributed by atoms with van der Waals surface area (Å²) in [5.74, 6) is 0. The molecule has 1 rings (SSSR count). The van der Waals surface area contributed by atoms with Gasteiger partial charge in [-0.15, -0.1) is 6.58 Å². The Morgan fingerprint density at radius 3 is 2.52 bits per heavy atom.